The molecule has 2 amide bonds. The van der Waals surface area contributed by atoms with E-state index in [0.717, 1.165) is 16.7 Å². The van der Waals surface area contributed by atoms with Crippen LogP contribution in [0.3, 0.4) is 0 Å². The molecule has 10 heteroatoms. The van der Waals surface area contributed by atoms with Crippen molar-refractivity contribution in [2.24, 2.45) is 0 Å². The summed E-state index contributed by atoms with van der Waals surface area (Å²) in [6.45, 7) is -0.0768. The highest BCUT2D eigenvalue weighted by Crippen LogP contribution is 2.38. The molecule has 1 aliphatic rings. The SMILES string of the molecule is COc1c(/C=C2\SC(=O)N(Cc3c(Cl)cccc3Cl)C2=O)cccc1[N+](=O)[O-]. The van der Waals surface area contributed by atoms with Crippen molar-refractivity contribution in [2.45, 2.75) is 6.54 Å². The van der Waals surface area contributed by atoms with Crippen LogP contribution < -0.4 is 4.74 Å². The number of benzene rings is 2. The van der Waals surface area contributed by atoms with Gasteiger partial charge in [0.05, 0.1) is 23.5 Å². The quantitative estimate of drug-likeness (QED) is 0.364. The lowest BCUT2D eigenvalue weighted by molar-refractivity contribution is -0.385. The minimum Gasteiger partial charge on any atom is -0.490 e. The Hall–Kier alpha value is -2.55. The number of hydrogen-bond acceptors (Lipinski definition) is 6. The molecule has 1 saturated heterocycles. The maximum absolute atomic E-state index is 12.7. The normalized spacial score (nSPS) is 15.4. The van der Waals surface area contributed by atoms with Gasteiger partial charge in [-0.2, -0.15) is 0 Å². The smallest absolute Gasteiger partial charge is 0.311 e. The Balaban J connectivity index is 1.94. The monoisotopic (exact) mass is 438 g/mol. The number of methoxy groups -OCH3 is 1. The molecule has 1 fully saturated rings. The minimum absolute atomic E-state index is 0.00782. The van der Waals surface area contributed by atoms with Crippen molar-refractivity contribution in [3.05, 3.63) is 72.6 Å². The van der Waals surface area contributed by atoms with E-state index in [1.54, 1.807) is 24.3 Å². The highest BCUT2D eigenvalue weighted by molar-refractivity contribution is 8.18. The van der Waals surface area contributed by atoms with Crippen molar-refractivity contribution >= 4 is 57.9 Å². The first-order valence-corrected chi connectivity index (χ1v) is 9.40. The first-order chi connectivity index (χ1) is 13.3. The van der Waals surface area contributed by atoms with Crippen molar-refractivity contribution in [3.63, 3.8) is 0 Å². The molecule has 2 aromatic rings. The van der Waals surface area contributed by atoms with Gasteiger partial charge in [0.15, 0.2) is 0 Å². The van der Waals surface area contributed by atoms with Crippen LogP contribution in [-0.2, 0) is 11.3 Å². The number of nitrogens with zero attached hydrogens (tertiary/aromatic N) is 2. The molecule has 0 aliphatic carbocycles. The largest absolute Gasteiger partial charge is 0.490 e. The molecule has 3 rings (SSSR count). The summed E-state index contributed by atoms with van der Waals surface area (Å²) in [6.07, 6.45) is 1.39. The molecule has 0 N–H and O–H groups in total. The number of hydrogen-bond donors (Lipinski definition) is 0. The topological polar surface area (TPSA) is 89.8 Å². The van der Waals surface area contributed by atoms with Crippen molar-refractivity contribution in [3.8, 4) is 5.75 Å². The lowest BCUT2D eigenvalue weighted by Crippen LogP contribution is -2.27. The summed E-state index contributed by atoms with van der Waals surface area (Å²) in [7, 11) is 1.30. The summed E-state index contributed by atoms with van der Waals surface area (Å²) in [5.41, 5.74) is 0.540. The van der Waals surface area contributed by atoms with Gasteiger partial charge in [-0.3, -0.25) is 24.6 Å². The number of para-hydroxylation sites is 1. The number of rotatable bonds is 5. The summed E-state index contributed by atoms with van der Waals surface area (Å²) >= 11 is 13.0. The van der Waals surface area contributed by atoms with Crippen LogP contribution in [0.2, 0.25) is 10.0 Å². The second-order valence-corrected chi connectivity index (χ2v) is 7.43. The van der Waals surface area contributed by atoms with Gasteiger partial charge in [0.2, 0.25) is 5.75 Å². The third-order valence-electron chi connectivity index (χ3n) is 3.96. The van der Waals surface area contributed by atoms with Crippen molar-refractivity contribution < 1.29 is 19.2 Å². The summed E-state index contributed by atoms with van der Waals surface area (Å²) in [5.74, 6) is -0.534. The number of thioether (sulfide) groups is 1. The summed E-state index contributed by atoms with van der Waals surface area (Å²) in [4.78, 5) is 36.8. The number of carbonyl (C=O) groups is 2. The molecule has 144 valence electrons. The van der Waals surface area contributed by atoms with Gasteiger partial charge in [-0.25, -0.2) is 0 Å². The van der Waals surface area contributed by atoms with Gasteiger partial charge in [0.25, 0.3) is 11.1 Å². The predicted molar refractivity (Wildman–Crippen MR) is 108 cm³/mol. The van der Waals surface area contributed by atoms with E-state index < -0.39 is 16.1 Å². The number of amides is 2. The van der Waals surface area contributed by atoms with Crippen molar-refractivity contribution in [1.29, 1.82) is 0 Å². The van der Waals surface area contributed by atoms with Gasteiger partial charge in [-0.15, -0.1) is 0 Å². The zero-order valence-electron chi connectivity index (χ0n) is 14.3. The number of ether oxygens (including phenoxy) is 1. The van der Waals surface area contributed by atoms with Gasteiger partial charge in [0, 0.05) is 27.2 Å². The fraction of sp³-hybridized carbons (Fsp3) is 0.111. The van der Waals surface area contributed by atoms with Crippen LogP contribution in [0.1, 0.15) is 11.1 Å². The Morgan fingerprint density at radius 1 is 1.18 bits per heavy atom. The van der Waals surface area contributed by atoms with E-state index in [0.29, 0.717) is 21.2 Å². The Morgan fingerprint density at radius 2 is 1.82 bits per heavy atom. The van der Waals surface area contributed by atoms with Crippen molar-refractivity contribution in [2.75, 3.05) is 7.11 Å². The average Bonchev–Trinajstić information content (AvgIpc) is 2.91. The van der Waals surface area contributed by atoms with Gasteiger partial charge in [0.1, 0.15) is 0 Å². The van der Waals surface area contributed by atoms with E-state index in [2.05, 4.69) is 0 Å². The Labute approximate surface area is 174 Å². The zero-order valence-corrected chi connectivity index (χ0v) is 16.7. The Kier molecular flexibility index (Phi) is 5.93. The van der Waals surface area contributed by atoms with Gasteiger partial charge in [-0.1, -0.05) is 41.4 Å². The van der Waals surface area contributed by atoms with E-state index in [-0.39, 0.29) is 22.9 Å². The molecule has 0 aromatic heterocycles. The minimum atomic E-state index is -0.582. The van der Waals surface area contributed by atoms with E-state index in [1.165, 1.54) is 25.3 Å². The van der Waals surface area contributed by atoms with Crippen LogP contribution in [0, 0.1) is 10.1 Å². The molecular formula is C18H12Cl2N2O5S. The van der Waals surface area contributed by atoms with E-state index in [4.69, 9.17) is 27.9 Å². The van der Waals surface area contributed by atoms with Crippen LogP contribution >= 0.6 is 35.0 Å². The molecule has 7 nitrogen and oxygen atoms in total. The van der Waals surface area contributed by atoms with Crippen LogP contribution in [0.5, 0.6) is 5.75 Å². The molecule has 1 heterocycles. The first kappa shape index (κ1) is 20.2. The number of nitro groups is 1. The van der Waals surface area contributed by atoms with Crippen LogP contribution in [-0.4, -0.2) is 28.1 Å². The molecule has 0 bridgehead atoms. The lowest BCUT2D eigenvalue weighted by Gasteiger charge is -2.14. The molecule has 2 aromatic carbocycles. The lowest BCUT2D eigenvalue weighted by atomic mass is 10.1. The summed E-state index contributed by atoms with van der Waals surface area (Å²) in [6, 6.07) is 9.22. The van der Waals surface area contributed by atoms with Gasteiger partial charge in [-0.05, 0) is 30.0 Å². The van der Waals surface area contributed by atoms with Gasteiger partial charge < -0.3 is 4.74 Å². The zero-order chi connectivity index (χ0) is 20.4. The Morgan fingerprint density at radius 3 is 2.43 bits per heavy atom. The number of imide groups is 1. The molecule has 0 spiro atoms. The standard InChI is InChI=1S/C18H12Cl2N2O5S/c1-27-16-10(4-2-7-14(16)22(25)26)8-15-17(23)21(18(24)28-15)9-11-12(19)5-3-6-13(11)20/h2-8H,9H2,1H3/b15-8-. The molecule has 28 heavy (non-hydrogen) atoms. The number of nitro benzene ring substituents is 1. The van der Waals surface area contributed by atoms with E-state index in [1.807, 2.05) is 0 Å². The maximum Gasteiger partial charge on any atom is 0.311 e. The molecule has 1 aliphatic heterocycles. The highest BCUT2D eigenvalue weighted by Gasteiger charge is 2.36. The van der Waals surface area contributed by atoms with Crippen molar-refractivity contribution in [1.82, 2.24) is 4.90 Å². The first-order valence-electron chi connectivity index (χ1n) is 7.83. The summed E-state index contributed by atoms with van der Waals surface area (Å²) < 4.78 is 5.12. The van der Waals surface area contributed by atoms with Crippen LogP contribution in [0.25, 0.3) is 6.08 Å². The van der Waals surface area contributed by atoms with Crippen LogP contribution in [0.15, 0.2) is 41.3 Å². The fourth-order valence-electron chi connectivity index (χ4n) is 2.64. The third kappa shape index (κ3) is 3.84. The Bertz CT molecular complexity index is 1000. The maximum atomic E-state index is 12.7. The van der Waals surface area contributed by atoms with E-state index >= 15 is 0 Å². The summed E-state index contributed by atoms with van der Waals surface area (Å²) in [5, 5.41) is 11.3. The molecule has 0 radical (unpaired) electrons. The fourth-order valence-corrected chi connectivity index (χ4v) is 3.99. The average molecular weight is 439 g/mol. The number of carbonyl (C=O) groups excluding carboxylic acids is 2. The molecule has 0 saturated carbocycles. The second-order valence-electron chi connectivity index (χ2n) is 5.62. The van der Waals surface area contributed by atoms with E-state index in [9.17, 15) is 19.7 Å². The van der Waals surface area contributed by atoms with Gasteiger partial charge >= 0.3 is 5.69 Å². The number of halogens is 2. The highest BCUT2D eigenvalue weighted by atomic mass is 35.5. The second kappa shape index (κ2) is 8.22. The molecular weight excluding hydrogens is 427 g/mol. The van der Waals surface area contributed by atoms with Crippen LogP contribution in [0.4, 0.5) is 10.5 Å². The third-order valence-corrected chi connectivity index (χ3v) is 5.58. The molecule has 0 atom stereocenters. The molecule has 0 unspecified atom stereocenters. The predicted octanol–water partition coefficient (Wildman–Crippen LogP) is 5.15.